The quantitative estimate of drug-likeness (QED) is 0.726. The summed E-state index contributed by atoms with van der Waals surface area (Å²) < 4.78 is 0. The first-order valence-electron chi connectivity index (χ1n) is 9.73. The van der Waals surface area contributed by atoms with Crippen LogP contribution in [0.15, 0.2) is 48.5 Å². The van der Waals surface area contributed by atoms with Gasteiger partial charge in [0.1, 0.15) is 5.37 Å². The van der Waals surface area contributed by atoms with Crippen LogP contribution in [0.1, 0.15) is 57.0 Å². The number of benzene rings is 2. The van der Waals surface area contributed by atoms with Crippen LogP contribution in [0.5, 0.6) is 0 Å². The lowest BCUT2D eigenvalue weighted by Crippen LogP contribution is -2.28. The summed E-state index contributed by atoms with van der Waals surface area (Å²) in [7, 11) is 0. The number of carbonyl (C=O) groups excluding carboxylic acids is 2. The molecule has 0 aromatic heterocycles. The molecule has 2 aromatic carbocycles. The van der Waals surface area contributed by atoms with Gasteiger partial charge in [-0.15, -0.1) is 11.8 Å². The summed E-state index contributed by atoms with van der Waals surface area (Å²) in [5.74, 6) is 0.626. The van der Waals surface area contributed by atoms with Crippen molar-refractivity contribution in [2.24, 2.45) is 0 Å². The van der Waals surface area contributed by atoms with Gasteiger partial charge in [-0.3, -0.25) is 14.5 Å². The highest BCUT2D eigenvalue weighted by atomic mass is 32.2. The Bertz CT molecular complexity index is 838. The number of rotatable bonds is 5. The molecule has 1 aliphatic heterocycles. The van der Waals surface area contributed by atoms with E-state index in [0.717, 1.165) is 23.4 Å². The van der Waals surface area contributed by atoms with Gasteiger partial charge in [0.15, 0.2) is 0 Å². The summed E-state index contributed by atoms with van der Waals surface area (Å²) in [6.45, 7) is 8.53. The highest BCUT2D eigenvalue weighted by Gasteiger charge is 2.34. The van der Waals surface area contributed by atoms with Gasteiger partial charge in [-0.2, -0.15) is 0 Å². The van der Waals surface area contributed by atoms with E-state index in [0.29, 0.717) is 12.2 Å². The van der Waals surface area contributed by atoms with E-state index in [-0.39, 0.29) is 22.6 Å². The Labute approximate surface area is 171 Å². The Morgan fingerprint density at radius 2 is 1.75 bits per heavy atom. The Morgan fingerprint density at radius 1 is 1.11 bits per heavy atom. The summed E-state index contributed by atoms with van der Waals surface area (Å²) in [5, 5.41) is 2.86. The molecule has 1 fully saturated rings. The molecule has 4 nitrogen and oxygen atoms in total. The molecular formula is C23H28N2O2S. The molecule has 0 aliphatic carbocycles. The predicted molar refractivity (Wildman–Crippen MR) is 118 cm³/mol. The van der Waals surface area contributed by atoms with Crippen molar-refractivity contribution < 1.29 is 9.59 Å². The van der Waals surface area contributed by atoms with E-state index in [1.54, 1.807) is 11.8 Å². The van der Waals surface area contributed by atoms with Crippen LogP contribution in [0.2, 0.25) is 0 Å². The third-order valence-corrected chi connectivity index (χ3v) is 6.05. The number of nitrogens with one attached hydrogen (secondary N) is 1. The lowest BCUT2D eigenvalue weighted by molar-refractivity contribution is -0.116. The van der Waals surface area contributed by atoms with Gasteiger partial charge in [-0.25, -0.2) is 0 Å². The van der Waals surface area contributed by atoms with Crippen molar-refractivity contribution >= 4 is 35.0 Å². The molecule has 1 atom stereocenters. The number of hydrogen-bond donors (Lipinski definition) is 1. The summed E-state index contributed by atoms with van der Waals surface area (Å²) in [6, 6.07) is 16.1. The highest BCUT2D eigenvalue weighted by Crippen LogP contribution is 2.42. The zero-order chi connectivity index (χ0) is 20.3. The molecule has 0 bridgehead atoms. The molecule has 2 aromatic rings. The number of thioether (sulfide) groups is 1. The fraction of sp³-hybridized carbons (Fsp3) is 0.391. The van der Waals surface area contributed by atoms with E-state index in [4.69, 9.17) is 0 Å². The van der Waals surface area contributed by atoms with E-state index < -0.39 is 0 Å². The van der Waals surface area contributed by atoms with Gasteiger partial charge in [0.25, 0.3) is 0 Å². The van der Waals surface area contributed by atoms with Gasteiger partial charge in [0.05, 0.1) is 5.75 Å². The molecule has 1 heterocycles. The third-order valence-electron chi connectivity index (χ3n) is 4.84. The Hall–Kier alpha value is -2.27. The van der Waals surface area contributed by atoms with Crippen LogP contribution >= 0.6 is 11.8 Å². The lowest BCUT2D eigenvalue weighted by atomic mass is 9.87. The van der Waals surface area contributed by atoms with E-state index >= 15 is 0 Å². The van der Waals surface area contributed by atoms with Gasteiger partial charge in [0.2, 0.25) is 11.8 Å². The van der Waals surface area contributed by atoms with Crippen LogP contribution in [0.3, 0.4) is 0 Å². The van der Waals surface area contributed by atoms with Crippen molar-refractivity contribution in [2.45, 2.75) is 51.3 Å². The molecule has 0 saturated carbocycles. The molecule has 2 amide bonds. The molecular weight excluding hydrogens is 368 g/mol. The van der Waals surface area contributed by atoms with Gasteiger partial charge < -0.3 is 5.32 Å². The van der Waals surface area contributed by atoms with Gasteiger partial charge in [-0.05, 0) is 47.2 Å². The van der Waals surface area contributed by atoms with Crippen LogP contribution in [0.25, 0.3) is 0 Å². The van der Waals surface area contributed by atoms with Crippen molar-refractivity contribution in [3.8, 4) is 0 Å². The van der Waals surface area contributed by atoms with Crippen LogP contribution in [-0.4, -0.2) is 17.6 Å². The van der Waals surface area contributed by atoms with Gasteiger partial charge in [-0.1, -0.05) is 52.0 Å². The highest BCUT2D eigenvalue weighted by molar-refractivity contribution is 8.00. The maximum Gasteiger partial charge on any atom is 0.238 e. The minimum absolute atomic E-state index is 0.0289. The first-order valence-corrected chi connectivity index (χ1v) is 10.8. The number of carbonyl (C=O) groups is 2. The Morgan fingerprint density at radius 3 is 2.32 bits per heavy atom. The van der Waals surface area contributed by atoms with Crippen LogP contribution in [0, 0.1) is 0 Å². The molecule has 3 rings (SSSR count). The number of amides is 2. The zero-order valence-electron chi connectivity index (χ0n) is 17.0. The molecule has 0 radical (unpaired) electrons. The topological polar surface area (TPSA) is 49.4 Å². The Kier molecular flexibility index (Phi) is 6.14. The maximum absolute atomic E-state index is 12.6. The summed E-state index contributed by atoms with van der Waals surface area (Å²) in [6.07, 6.45) is 1.35. The lowest BCUT2D eigenvalue weighted by Gasteiger charge is -2.26. The van der Waals surface area contributed by atoms with Crippen molar-refractivity contribution in [1.29, 1.82) is 0 Å². The fourth-order valence-corrected chi connectivity index (χ4v) is 4.43. The second-order valence-corrected chi connectivity index (χ2v) is 9.21. The number of nitrogens with zero attached hydrogens (tertiary/aromatic N) is 1. The molecule has 0 unspecified atom stereocenters. The molecule has 148 valence electrons. The van der Waals surface area contributed by atoms with E-state index in [2.05, 4.69) is 38.2 Å². The first kappa shape index (κ1) is 20.5. The SMILES string of the molecule is CCCC(=O)Nc1ccc([C@H]2SCC(=O)N2c2ccc(C(C)(C)C)cc2)cc1. The Balaban J connectivity index is 1.79. The van der Waals surface area contributed by atoms with E-state index in [9.17, 15) is 9.59 Å². The molecule has 28 heavy (non-hydrogen) atoms. The van der Waals surface area contributed by atoms with Crippen molar-refractivity contribution in [2.75, 3.05) is 16.0 Å². The smallest absolute Gasteiger partial charge is 0.238 e. The van der Waals surface area contributed by atoms with Crippen molar-refractivity contribution in [3.05, 3.63) is 59.7 Å². The van der Waals surface area contributed by atoms with Crippen LogP contribution in [0.4, 0.5) is 11.4 Å². The second kappa shape index (κ2) is 8.39. The molecule has 1 saturated heterocycles. The minimum atomic E-state index is -0.0478. The van der Waals surface area contributed by atoms with Crippen LogP contribution < -0.4 is 10.2 Å². The second-order valence-electron chi connectivity index (χ2n) is 8.14. The first-order chi connectivity index (χ1) is 13.3. The van der Waals surface area contributed by atoms with E-state index in [1.807, 2.05) is 48.2 Å². The van der Waals surface area contributed by atoms with Crippen molar-refractivity contribution in [3.63, 3.8) is 0 Å². The average Bonchev–Trinajstić information content (AvgIpc) is 3.03. The molecule has 1 N–H and O–H groups in total. The maximum atomic E-state index is 12.6. The van der Waals surface area contributed by atoms with E-state index in [1.165, 1.54) is 5.56 Å². The minimum Gasteiger partial charge on any atom is -0.326 e. The largest absolute Gasteiger partial charge is 0.326 e. The monoisotopic (exact) mass is 396 g/mol. The number of hydrogen-bond acceptors (Lipinski definition) is 3. The van der Waals surface area contributed by atoms with Gasteiger partial charge >= 0.3 is 0 Å². The van der Waals surface area contributed by atoms with Crippen molar-refractivity contribution in [1.82, 2.24) is 0 Å². The van der Waals surface area contributed by atoms with Gasteiger partial charge in [0, 0.05) is 17.8 Å². The summed E-state index contributed by atoms with van der Waals surface area (Å²) in [5.41, 5.74) is 4.11. The zero-order valence-corrected chi connectivity index (χ0v) is 17.8. The third kappa shape index (κ3) is 4.58. The fourth-order valence-electron chi connectivity index (χ4n) is 3.25. The number of anilines is 2. The molecule has 0 spiro atoms. The standard InChI is InChI=1S/C23H28N2O2S/c1-5-6-20(26)24-18-11-7-16(8-12-18)22-25(21(27)15-28-22)19-13-9-17(10-14-19)23(2,3)4/h7-14,22H,5-6,15H2,1-4H3,(H,24,26)/t22-/m1/s1. The summed E-state index contributed by atoms with van der Waals surface area (Å²) >= 11 is 1.63. The molecule has 5 heteroatoms. The normalized spacial score (nSPS) is 17.1. The summed E-state index contributed by atoms with van der Waals surface area (Å²) in [4.78, 5) is 26.2. The van der Waals surface area contributed by atoms with Crippen LogP contribution in [-0.2, 0) is 15.0 Å². The average molecular weight is 397 g/mol. The molecule has 1 aliphatic rings. The predicted octanol–water partition coefficient (Wildman–Crippen LogP) is 5.50.